The first-order valence-corrected chi connectivity index (χ1v) is 10.2. The number of hydrogen-bond acceptors (Lipinski definition) is 6. The number of pyridine rings is 1. The van der Waals surface area contributed by atoms with Crippen LogP contribution in [0.5, 0.6) is 11.5 Å². The Labute approximate surface area is 166 Å². The highest BCUT2D eigenvalue weighted by molar-refractivity contribution is 7.90. The van der Waals surface area contributed by atoms with Crippen LogP contribution in [0.3, 0.4) is 0 Å². The summed E-state index contributed by atoms with van der Waals surface area (Å²) in [6.07, 6.45) is 1.58. The van der Waals surface area contributed by atoms with Gasteiger partial charge in [0.25, 0.3) is 0 Å². The molecule has 0 spiro atoms. The van der Waals surface area contributed by atoms with Crippen molar-refractivity contribution in [3.8, 4) is 11.5 Å². The van der Waals surface area contributed by atoms with E-state index in [4.69, 9.17) is 32.7 Å². The van der Waals surface area contributed by atoms with E-state index in [1.165, 1.54) is 14.2 Å². The van der Waals surface area contributed by atoms with Crippen LogP contribution in [0.1, 0.15) is 16.8 Å². The minimum absolute atomic E-state index is 0.120. The second-order valence-electron chi connectivity index (χ2n) is 5.95. The third-order valence-corrected chi connectivity index (χ3v) is 6.47. The van der Waals surface area contributed by atoms with Crippen LogP contribution in [0.25, 0.3) is 11.0 Å². The summed E-state index contributed by atoms with van der Waals surface area (Å²) in [5, 5.41) is 0.0717. The molecule has 2 aromatic heterocycles. The number of benzene rings is 1. The topological polar surface area (TPSA) is 94.2 Å². The van der Waals surface area contributed by atoms with E-state index in [0.29, 0.717) is 28.3 Å². The zero-order valence-electron chi connectivity index (χ0n) is 15.1. The molecular weight excluding hydrogens is 413 g/mol. The molecule has 1 N–H and O–H groups in total. The first kappa shape index (κ1) is 19.7. The quantitative estimate of drug-likeness (QED) is 0.661. The standard InChI is InChI=1S/C17H17Cl2N3O4S/c1-8-6-20-11(9(2)16(8)26-4)7-27(23,24)17-21-10-5-12(25-3)13(18)14(19)15(10)22-17/h5-6H,7H2,1-4H3,(H,21,22). The fraction of sp³-hybridized carbons (Fsp3) is 0.294. The lowest BCUT2D eigenvalue weighted by atomic mass is 10.1. The van der Waals surface area contributed by atoms with Gasteiger partial charge in [0.05, 0.1) is 30.5 Å². The van der Waals surface area contributed by atoms with Gasteiger partial charge in [-0.2, -0.15) is 0 Å². The van der Waals surface area contributed by atoms with Gasteiger partial charge >= 0.3 is 0 Å². The highest BCUT2D eigenvalue weighted by Gasteiger charge is 2.25. The van der Waals surface area contributed by atoms with Crippen LogP contribution in [0.4, 0.5) is 0 Å². The number of halogens is 2. The highest BCUT2D eigenvalue weighted by Crippen LogP contribution is 2.38. The molecule has 10 heteroatoms. The molecule has 3 aromatic rings. The van der Waals surface area contributed by atoms with Crippen LogP contribution in [0, 0.1) is 13.8 Å². The predicted octanol–water partition coefficient (Wildman–Crippen LogP) is 3.87. The number of ether oxygens (including phenoxy) is 2. The van der Waals surface area contributed by atoms with E-state index in [9.17, 15) is 8.42 Å². The maximum atomic E-state index is 12.9. The molecule has 0 amide bonds. The number of fused-ring (bicyclic) bond motifs is 1. The number of H-pyrrole nitrogens is 1. The molecule has 0 saturated carbocycles. The Morgan fingerprint density at radius 2 is 1.85 bits per heavy atom. The van der Waals surface area contributed by atoms with Crippen molar-refractivity contribution in [3.05, 3.63) is 39.1 Å². The van der Waals surface area contributed by atoms with Gasteiger partial charge in [0.2, 0.25) is 15.0 Å². The fourth-order valence-electron chi connectivity index (χ4n) is 2.80. The minimum atomic E-state index is -3.81. The highest BCUT2D eigenvalue weighted by atomic mass is 35.5. The molecule has 0 unspecified atom stereocenters. The Bertz CT molecular complexity index is 1140. The Kier molecular flexibility index (Phi) is 5.24. The Morgan fingerprint density at radius 1 is 1.15 bits per heavy atom. The molecule has 0 atom stereocenters. The minimum Gasteiger partial charge on any atom is -0.496 e. The van der Waals surface area contributed by atoms with Crippen LogP contribution < -0.4 is 9.47 Å². The van der Waals surface area contributed by atoms with Crippen molar-refractivity contribution in [1.29, 1.82) is 0 Å². The summed E-state index contributed by atoms with van der Waals surface area (Å²) in [5.74, 6) is 0.597. The molecular formula is C17H17Cl2N3O4S. The number of methoxy groups -OCH3 is 2. The lowest BCUT2D eigenvalue weighted by molar-refractivity contribution is 0.407. The molecule has 27 heavy (non-hydrogen) atoms. The van der Waals surface area contributed by atoms with Crippen LogP contribution in [0.15, 0.2) is 17.4 Å². The van der Waals surface area contributed by atoms with Crippen LogP contribution in [0.2, 0.25) is 10.0 Å². The van der Waals surface area contributed by atoms with Crippen molar-refractivity contribution < 1.29 is 17.9 Å². The van der Waals surface area contributed by atoms with Crippen molar-refractivity contribution in [1.82, 2.24) is 15.0 Å². The second kappa shape index (κ2) is 7.18. The number of sulfone groups is 1. The number of rotatable bonds is 5. The normalized spacial score (nSPS) is 11.8. The third-order valence-electron chi connectivity index (χ3n) is 4.19. The molecule has 1 aromatic carbocycles. The van der Waals surface area contributed by atoms with E-state index in [-0.39, 0.29) is 26.5 Å². The van der Waals surface area contributed by atoms with E-state index in [1.807, 2.05) is 6.92 Å². The molecule has 0 fully saturated rings. The maximum absolute atomic E-state index is 12.9. The molecule has 7 nitrogen and oxygen atoms in total. The zero-order valence-corrected chi connectivity index (χ0v) is 17.4. The van der Waals surface area contributed by atoms with E-state index >= 15 is 0 Å². The van der Waals surface area contributed by atoms with E-state index in [1.54, 1.807) is 19.2 Å². The fourth-order valence-corrected chi connectivity index (χ4v) is 4.55. The molecule has 0 saturated heterocycles. The smallest absolute Gasteiger partial charge is 0.226 e. The molecule has 0 aliphatic rings. The third kappa shape index (κ3) is 3.44. The summed E-state index contributed by atoms with van der Waals surface area (Å²) < 4.78 is 36.2. The SMILES string of the molecule is COc1cc2[nH]c(S(=O)(=O)Cc3ncc(C)c(OC)c3C)nc2c(Cl)c1Cl. The van der Waals surface area contributed by atoms with E-state index in [0.717, 1.165) is 5.56 Å². The van der Waals surface area contributed by atoms with Crippen molar-refractivity contribution in [3.63, 3.8) is 0 Å². The molecule has 0 bridgehead atoms. The zero-order chi connectivity index (χ0) is 19.9. The van der Waals surface area contributed by atoms with Crippen molar-refractivity contribution in [2.75, 3.05) is 14.2 Å². The summed E-state index contributed by atoms with van der Waals surface area (Å²) in [7, 11) is -0.837. The van der Waals surface area contributed by atoms with E-state index in [2.05, 4.69) is 15.0 Å². The first-order valence-electron chi connectivity index (χ1n) is 7.83. The van der Waals surface area contributed by atoms with Gasteiger partial charge in [-0.05, 0) is 13.8 Å². The second-order valence-corrected chi connectivity index (χ2v) is 8.61. The summed E-state index contributed by atoms with van der Waals surface area (Å²) in [6.45, 7) is 3.61. The van der Waals surface area contributed by atoms with Gasteiger partial charge in [-0.3, -0.25) is 4.98 Å². The largest absolute Gasteiger partial charge is 0.496 e. The van der Waals surface area contributed by atoms with Crippen molar-refractivity contribution in [2.45, 2.75) is 24.8 Å². The van der Waals surface area contributed by atoms with Crippen molar-refractivity contribution in [2.24, 2.45) is 0 Å². The van der Waals surface area contributed by atoms with Crippen LogP contribution in [-0.2, 0) is 15.6 Å². The van der Waals surface area contributed by atoms with Gasteiger partial charge in [-0.15, -0.1) is 0 Å². The molecule has 144 valence electrons. The summed E-state index contributed by atoms with van der Waals surface area (Å²) in [6, 6.07) is 1.55. The van der Waals surface area contributed by atoms with Gasteiger partial charge in [0, 0.05) is 23.4 Å². The Balaban J connectivity index is 2.07. The van der Waals surface area contributed by atoms with Gasteiger partial charge in [-0.25, -0.2) is 13.4 Å². The lowest BCUT2D eigenvalue weighted by Crippen LogP contribution is -2.10. The number of aromatic amines is 1. The molecule has 0 radical (unpaired) electrons. The van der Waals surface area contributed by atoms with Gasteiger partial charge < -0.3 is 14.5 Å². The monoisotopic (exact) mass is 429 g/mol. The first-order chi connectivity index (χ1) is 12.7. The van der Waals surface area contributed by atoms with Gasteiger partial charge in [-0.1, -0.05) is 23.2 Å². The number of aromatic nitrogens is 3. The van der Waals surface area contributed by atoms with Gasteiger partial charge in [0.1, 0.15) is 27.8 Å². The molecule has 2 heterocycles. The average Bonchev–Trinajstić information content (AvgIpc) is 3.06. The molecule has 3 rings (SSSR count). The number of nitrogens with one attached hydrogen (secondary N) is 1. The number of nitrogens with zero attached hydrogens (tertiary/aromatic N) is 2. The van der Waals surface area contributed by atoms with Gasteiger partial charge in [0.15, 0.2) is 0 Å². The number of hydrogen-bond donors (Lipinski definition) is 1. The van der Waals surface area contributed by atoms with Crippen LogP contribution >= 0.6 is 23.2 Å². The maximum Gasteiger partial charge on any atom is 0.226 e. The van der Waals surface area contributed by atoms with E-state index < -0.39 is 9.84 Å². The Morgan fingerprint density at radius 3 is 2.48 bits per heavy atom. The van der Waals surface area contributed by atoms with Crippen molar-refractivity contribution >= 4 is 44.1 Å². The predicted molar refractivity (Wildman–Crippen MR) is 104 cm³/mol. The van der Waals surface area contributed by atoms with Crippen LogP contribution in [-0.4, -0.2) is 37.6 Å². The Hall–Kier alpha value is -2.03. The average molecular weight is 430 g/mol. The molecule has 0 aliphatic carbocycles. The lowest BCUT2D eigenvalue weighted by Gasteiger charge is -2.11. The summed E-state index contributed by atoms with van der Waals surface area (Å²) in [5.41, 5.74) is 2.55. The number of imidazole rings is 1. The summed E-state index contributed by atoms with van der Waals surface area (Å²) in [4.78, 5) is 11.2. The number of aryl methyl sites for hydroxylation is 1. The molecule has 0 aliphatic heterocycles. The summed E-state index contributed by atoms with van der Waals surface area (Å²) >= 11 is 12.3.